The number of para-hydroxylation sites is 1. The van der Waals surface area contributed by atoms with Gasteiger partial charge in [-0.15, -0.1) is 0 Å². The van der Waals surface area contributed by atoms with E-state index in [0.29, 0.717) is 16.8 Å². The third kappa shape index (κ3) is 2.55. The fraction of sp³-hybridized carbons (Fsp3) is 0.125. The smallest absolute Gasteiger partial charge is 0.387 e. The Morgan fingerprint density at radius 2 is 1.68 bits per heavy atom. The molecule has 22 heavy (non-hydrogen) atoms. The van der Waals surface area contributed by atoms with Gasteiger partial charge in [0.15, 0.2) is 0 Å². The Morgan fingerprint density at radius 1 is 1.00 bits per heavy atom. The van der Waals surface area contributed by atoms with Gasteiger partial charge in [-0.25, -0.2) is 0 Å². The lowest BCUT2D eigenvalue weighted by Gasteiger charge is -2.16. The van der Waals surface area contributed by atoms with Gasteiger partial charge in [0.05, 0.1) is 17.8 Å². The molecule has 0 saturated heterocycles. The van der Waals surface area contributed by atoms with E-state index >= 15 is 0 Å². The van der Waals surface area contributed by atoms with Crippen LogP contribution in [-0.4, -0.2) is 18.3 Å². The van der Waals surface area contributed by atoms with E-state index in [9.17, 15) is 18.4 Å². The summed E-state index contributed by atoms with van der Waals surface area (Å²) in [5, 5.41) is 0. The average Bonchev–Trinajstić information content (AvgIpc) is 2.74. The first kappa shape index (κ1) is 14.2. The molecule has 0 bridgehead atoms. The molecule has 112 valence electrons. The van der Waals surface area contributed by atoms with Crippen molar-refractivity contribution in [3.8, 4) is 5.75 Å². The molecule has 3 rings (SSSR count). The molecule has 1 amide bonds. The molecule has 1 heterocycles. The molecule has 2 aromatic rings. The maximum atomic E-state index is 12.1. The van der Waals surface area contributed by atoms with Crippen LogP contribution in [0.1, 0.15) is 15.9 Å². The van der Waals surface area contributed by atoms with Crippen LogP contribution in [0.2, 0.25) is 0 Å². The predicted molar refractivity (Wildman–Crippen MR) is 75.0 cm³/mol. The number of fused-ring (bicyclic) bond motifs is 1. The summed E-state index contributed by atoms with van der Waals surface area (Å²) in [6.45, 7) is -2.69. The lowest BCUT2D eigenvalue weighted by molar-refractivity contribution is -0.114. The van der Waals surface area contributed by atoms with Gasteiger partial charge in [-0.3, -0.25) is 9.59 Å². The van der Waals surface area contributed by atoms with Gasteiger partial charge in [-0.2, -0.15) is 8.78 Å². The second-order valence-electron chi connectivity index (χ2n) is 4.76. The van der Waals surface area contributed by atoms with Crippen LogP contribution in [0.25, 0.3) is 0 Å². The number of carbonyl (C=O) groups is 2. The zero-order chi connectivity index (χ0) is 15.7. The fourth-order valence-corrected chi connectivity index (χ4v) is 2.36. The van der Waals surface area contributed by atoms with Crippen LogP contribution < -0.4 is 9.64 Å². The highest BCUT2D eigenvalue weighted by atomic mass is 19.3. The van der Waals surface area contributed by atoms with E-state index in [1.165, 1.54) is 17.0 Å². The van der Waals surface area contributed by atoms with Crippen LogP contribution in [-0.2, 0) is 11.3 Å². The first-order chi connectivity index (χ1) is 10.6. The normalized spacial score (nSPS) is 13.7. The molecule has 0 aliphatic carbocycles. The quantitative estimate of drug-likeness (QED) is 0.816. The number of Topliss-reactive ketones (excluding diaryl/α,β-unsaturated/α-hetero) is 1. The van der Waals surface area contributed by atoms with Crippen molar-refractivity contribution < 1.29 is 23.1 Å². The molecule has 6 heteroatoms. The largest absolute Gasteiger partial charge is 0.435 e. The molecular formula is C16H11F2NO3. The SMILES string of the molecule is O=C1C(=O)N(Cc2ccc(OC(F)F)cc2)c2ccccc21. The van der Waals surface area contributed by atoms with Crippen molar-refractivity contribution in [3.05, 3.63) is 59.7 Å². The fourth-order valence-electron chi connectivity index (χ4n) is 2.36. The minimum Gasteiger partial charge on any atom is -0.435 e. The van der Waals surface area contributed by atoms with Gasteiger partial charge in [-0.1, -0.05) is 24.3 Å². The van der Waals surface area contributed by atoms with Crippen LogP contribution in [0.5, 0.6) is 5.75 Å². The van der Waals surface area contributed by atoms with Crippen LogP contribution in [0, 0.1) is 0 Å². The molecule has 0 N–H and O–H groups in total. The standard InChI is InChI=1S/C16H11F2NO3/c17-16(18)22-11-7-5-10(6-8-11)9-19-13-4-2-1-3-12(13)14(20)15(19)21/h1-8,16H,9H2. The van der Waals surface area contributed by atoms with Gasteiger partial charge in [-0.05, 0) is 29.8 Å². The number of nitrogens with zero attached hydrogens (tertiary/aromatic N) is 1. The molecule has 1 aliphatic heterocycles. The number of ether oxygens (including phenoxy) is 1. The number of alkyl halides is 2. The molecular weight excluding hydrogens is 292 g/mol. The minimum absolute atomic E-state index is 0.0444. The zero-order valence-corrected chi connectivity index (χ0v) is 11.3. The van der Waals surface area contributed by atoms with E-state index in [0.717, 1.165) is 0 Å². The third-order valence-corrected chi connectivity index (χ3v) is 3.37. The van der Waals surface area contributed by atoms with Gasteiger partial charge in [0.1, 0.15) is 5.75 Å². The third-order valence-electron chi connectivity index (χ3n) is 3.37. The molecule has 1 aliphatic rings. The Labute approximate surface area is 124 Å². The molecule has 4 nitrogen and oxygen atoms in total. The van der Waals surface area contributed by atoms with Crippen molar-refractivity contribution in [3.63, 3.8) is 0 Å². The summed E-state index contributed by atoms with van der Waals surface area (Å²) in [6, 6.07) is 12.7. The Balaban J connectivity index is 1.81. The summed E-state index contributed by atoms with van der Waals surface area (Å²) in [5.41, 5.74) is 1.65. The summed E-state index contributed by atoms with van der Waals surface area (Å²) in [4.78, 5) is 25.3. The first-order valence-corrected chi connectivity index (χ1v) is 6.55. The number of halogens is 2. The highest BCUT2D eigenvalue weighted by Gasteiger charge is 2.35. The van der Waals surface area contributed by atoms with E-state index in [1.807, 2.05) is 0 Å². The maximum absolute atomic E-state index is 12.1. The molecule has 0 radical (unpaired) electrons. The maximum Gasteiger partial charge on any atom is 0.387 e. The summed E-state index contributed by atoms with van der Waals surface area (Å²) in [7, 11) is 0. The van der Waals surface area contributed by atoms with E-state index in [1.54, 1.807) is 36.4 Å². The van der Waals surface area contributed by atoms with E-state index < -0.39 is 18.3 Å². The van der Waals surface area contributed by atoms with Gasteiger partial charge in [0.25, 0.3) is 11.7 Å². The highest BCUT2D eigenvalue weighted by Crippen LogP contribution is 2.30. The van der Waals surface area contributed by atoms with Crippen LogP contribution in [0.3, 0.4) is 0 Å². The van der Waals surface area contributed by atoms with Crippen molar-refractivity contribution >= 4 is 17.4 Å². The van der Waals surface area contributed by atoms with Gasteiger partial charge >= 0.3 is 6.61 Å². The molecule has 0 unspecified atom stereocenters. The summed E-state index contributed by atoms with van der Waals surface area (Å²) in [5.74, 6) is -1.08. The first-order valence-electron chi connectivity index (χ1n) is 6.55. The lowest BCUT2D eigenvalue weighted by atomic mass is 10.1. The van der Waals surface area contributed by atoms with Crippen LogP contribution in [0.4, 0.5) is 14.5 Å². The number of ketones is 1. The predicted octanol–water partition coefficient (Wildman–Crippen LogP) is 3.02. The van der Waals surface area contributed by atoms with Crippen molar-refractivity contribution in [2.45, 2.75) is 13.2 Å². The van der Waals surface area contributed by atoms with Crippen LogP contribution >= 0.6 is 0 Å². The van der Waals surface area contributed by atoms with Crippen molar-refractivity contribution in [1.82, 2.24) is 0 Å². The number of rotatable bonds is 4. The number of hydrogen-bond acceptors (Lipinski definition) is 3. The number of amides is 1. The highest BCUT2D eigenvalue weighted by molar-refractivity contribution is 6.52. The van der Waals surface area contributed by atoms with Gasteiger partial charge in [0, 0.05) is 0 Å². The summed E-state index contributed by atoms with van der Waals surface area (Å²) >= 11 is 0. The summed E-state index contributed by atoms with van der Waals surface area (Å²) < 4.78 is 28.5. The minimum atomic E-state index is -2.88. The number of hydrogen-bond donors (Lipinski definition) is 0. The Kier molecular flexibility index (Phi) is 3.58. The molecule has 0 saturated carbocycles. The number of carbonyl (C=O) groups excluding carboxylic acids is 2. The summed E-state index contributed by atoms with van der Waals surface area (Å²) in [6.07, 6.45) is 0. The molecule has 0 fully saturated rings. The second kappa shape index (κ2) is 5.55. The van der Waals surface area contributed by atoms with E-state index in [4.69, 9.17) is 0 Å². The lowest BCUT2D eigenvalue weighted by Crippen LogP contribution is -2.29. The van der Waals surface area contributed by atoms with E-state index in [2.05, 4.69) is 4.74 Å². The van der Waals surface area contributed by atoms with Gasteiger partial charge < -0.3 is 9.64 Å². The molecule has 2 aromatic carbocycles. The molecule has 0 spiro atoms. The Bertz CT molecular complexity index is 728. The zero-order valence-electron chi connectivity index (χ0n) is 11.3. The monoisotopic (exact) mass is 303 g/mol. The Morgan fingerprint density at radius 3 is 2.36 bits per heavy atom. The van der Waals surface area contributed by atoms with Crippen molar-refractivity contribution in [1.29, 1.82) is 0 Å². The van der Waals surface area contributed by atoms with E-state index in [-0.39, 0.29) is 12.3 Å². The molecule has 0 atom stereocenters. The Hall–Kier alpha value is -2.76. The number of benzene rings is 2. The van der Waals surface area contributed by atoms with Crippen molar-refractivity contribution in [2.75, 3.05) is 4.90 Å². The average molecular weight is 303 g/mol. The topological polar surface area (TPSA) is 46.6 Å². The van der Waals surface area contributed by atoms with Crippen LogP contribution in [0.15, 0.2) is 48.5 Å². The number of anilines is 1. The van der Waals surface area contributed by atoms with Crippen molar-refractivity contribution in [2.24, 2.45) is 0 Å². The van der Waals surface area contributed by atoms with Gasteiger partial charge in [0.2, 0.25) is 0 Å². The molecule has 0 aromatic heterocycles. The second-order valence-corrected chi connectivity index (χ2v) is 4.76.